The Labute approximate surface area is 133 Å². The molecule has 122 valence electrons. The van der Waals surface area contributed by atoms with Crippen molar-refractivity contribution in [1.82, 2.24) is 4.72 Å². The van der Waals surface area contributed by atoms with E-state index in [2.05, 4.69) is 4.72 Å². The van der Waals surface area contributed by atoms with Crippen LogP contribution in [0, 0.1) is 0 Å². The van der Waals surface area contributed by atoms with E-state index >= 15 is 0 Å². The van der Waals surface area contributed by atoms with Gasteiger partial charge in [0.15, 0.2) is 0 Å². The number of carbonyl (C=O) groups is 2. The number of rotatable bonds is 7. The van der Waals surface area contributed by atoms with Gasteiger partial charge in [0.1, 0.15) is 6.04 Å². The van der Waals surface area contributed by atoms with Crippen molar-refractivity contribution in [2.24, 2.45) is 11.5 Å². The molecular weight excluding hydrogens is 318 g/mol. The summed E-state index contributed by atoms with van der Waals surface area (Å²) in [5, 5.41) is 1.28. The fourth-order valence-electron chi connectivity index (χ4n) is 2.23. The molecule has 8 heteroatoms. The SMILES string of the molecule is NC(=O)CCC(NS(=O)(=O)c1cccc2ccccc12)C(N)=O. The van der Waals surface area contributed by atoms with Gasteiger partial charge in [0.2, 0.25) is 21.8 Å². The summed E-state index contributed by atoms with van der Waals surface area (Å²) in [6, 6.07) is 10.6. The molecule has 0 fully saturated rings. The molecule has 0 saturated heterocycles. The number of nitrogens with two attached hydrogens (primary N) is 2. The molecule has 0 aliphatic rings. The van der Waals surface area contributed by atoms with Gasteiger partial charge in [-0.2, -0.15) is 4.72 Å². The number of nitrogens with one attached hydrogen (secondary N) is 1. The number of fused-ring (bicyclic) bond motifs is 1. The zero-order valence-electron chi connectivity index (χ0n) is 12.2. The van der Waals surface area contributed by atoms with Crippen LogP contribution in [0.5, 0.6) is 0 Å². The molecule has 0 heterocycles. The van der Waals surface area contributed by atoms with Gasteiger partial charge < -0.3 is 11.5 Å². The summed E-state index contributed by atoms with van der Waals surface area (Å²) < 4.78 is 27.4. The molecule has 0 spiro atoms. The van der Waals surface area contributed by atoms with Crippen molar-refractivity contribution in [1.29, 1.82) is 0 Å². The highest BCUT2D eigenvalue weighted by Crippen LogP contribution is 2.23. The molecular formula is C15H17N3O4S. The van der Waals surface area contributed by atoms with Crippen molar-refractivity contribution in [2.75, 3.05) is 0 Å². The Morgan fingerprint density at radius 2 is 1.70 bits per heavy atom. The average Bonchev–Trinajstić information content (AvgIpc) is 2.50. The van der Waals surface area contributed by atoms with Gasteiger partial charge in [-0.3, -0.25) is 9.59 Å². The predicted octanol–water partition coefficient (Wildman–Crippen LogP) is 0.237. The van der Waals surface area contributed by atoms with Crippen molar-refractivity contribution in [3.8, 4) is 0 Å². The van der Waals surface area contributed by atoms with E-state index in [9.17, 15) is 18.0 Å². The Morgan fingerprint density at radius 1 is 1.04 bits per heavy atom. The molecule has 2 rings (SSSR count). The summed E-state index contributed by atoms with van der Waals surface area (Å²) in [4.78, 5) is 22.3. The van der Waals surface area contributed by atoms with E-state index in [0.29, 0.717) is 5.39 Å². The van der Waals surface area contributed by atoms with Gasteiger partial charge >= 0.3 is 0 Å². The quantitative estimate of drug-likeness (QED) is 0.668. The van der Waals surface area contributed by atoms with Crippen LogP contribution in [0.2, 0.25) is 0 Å². The third kappa shape index (κ3) is 4.05. The highest BCUT2D eigenvalue weighted by atomic mass is 32.2. The molecule has 0 saturated carbocycles. The van der Waals surface area contributed by atoms with Crippen LogP contribution >= 0.6 is 0 Å². The first-order chi connectivity index (χ1) is 10.8. The zero-order chi connectivity index (χ0) is 17.0. The zero-order valence-corrected chi connectivity index (χ0v) is 13.0. The van der Waals surface area contributed by atoms with E-state index in [4.69, 9.17) is 11.5 Å². The van der Waals surface area contributed by atoms with Gasteiger partial charge in [0, 0.05) is 11.8 Å². The Kier molecular flexibility index (Phi) is 4.97. The molecule has 0 aliphatic carbocycles. The van der Waals surface area contributed by atoms with Crippen LogP contribution < -0.4 is 16.2 Å². The van der Waals surface area contributed by atoms with E-state index in [1.807, 2.05) is 0 Å². The summed E-state index contributed by atoms with van der Waals surface area (Å²) in [5.41, 5.74) is 10.2. The number of hydrogen-bond donors (Lipinski definition) is 3. The molecule has 2 aromatic rings. The lowest BCUT2D eigenvalue weighted by Gasteiger charge is -2.16. The van der Waals surface area contributed by atoms with Crippen LogP contribution in [-0.4, -0.2) is 26.3 Å². The summed E-state index contributed by atoms with van der Waals surface area (Å²) in [5.74, 6) is -1.50. The van der Waals surface area contributed by atoms with Gasteiger partial charge in [0.25, 0.3) is 0 Å². The van der Waals surface area contributed by atoms with Gasteiger partial charge in [-0.25, -0.2) is 8.42 Å². The van der Waals surface area contributed by atoms with E-state index in [1.165, 1.54) is 6.07 Å². The first kappa shape index (κ1) is 16.9. The van der Waals surface area contributed by atoms with Gasteiger partial charge in [0.05, 0.1) is 4.90 Å². The van der Waals surface area contributed by atoms with E-state index < -0.39 is 27.9 Å². The van der Waals surface area contributed by atoms with Crippen molar-refractivity contribution in [2.45, 2.75) is 23.8 Å². The average molecular weight is 335 g/mol. The van der Waals surface area contributed by atoms with Crippen molar-refractivity contribution < 1.29 is 18.0 Å². The number of benzene rings is 2. The molecule has 7 nitrogen and oxygen atoms in total. The van der Waals surface area contributed by atoms with Crippen molar-refractivity contribution in [3.63, 3.8) is 0 Å². The van der Waals surface area contributed by atoms with Crippen LogP contribution in [0.15, 0.2) is 47.4 Å². The van der Waals surface area contributed by atoms with Gasteiger partial charge in [-0.15, -0.1) is 0 Å². The molecule has 2 amide bonds. The Bertz CT molecular complexity index is 843. The molecule has 1 atom stereocenters. The number of amides is 2. The minimum Gasteiger partial charge on any atom is -0.370 e. The second kappa shape index (κ2) is 6.76. The minimum absolute atomic E-state index is 0.0425. The number of primary amides is 2. The summed E-state index contributed by atoms with van der Waals surface area (Å²) in [6.07, 6.45) is -0.236. The fourth-order valence-corrected chi connectivity index (χ4v) is 3.70. The van der Waals surface area contributed by atoms with Gasteiger partial charge in [-0.1, -0.05) is 36.4 Å². The standard InChI is InChI=1S/C15H17N3O4S/c16-14(19)9-8-12(15(17)20)18-23(21,22)13-7-3-5-10-4-1-2-6-11(10)13/h1-7,12,18H,8-9H2,(H2,16,19)(H2,17,20). The Hall–Kier alpha value is -2.45. The largest absolute Gasteiger partial charge is 0.370 e. The van der Waals surface area contributed by atoms with Crippen LogP contribution in [0.1, 0.15) is 12.8 Å². The first-order valence-corrected chi connectivity index (χ1v) is 8.37. The third-order valence-electron chi connectivity index (χ3n) is 3.36. The summed E-state index contributed by atoms with van der Waals surface area (Å²) in [7, 11) is -3.98. The number of carbonyl (C=O) groups excluding carboxylic acids is 2. The van der Waals surface area contributed by atoms with Crippen molar-refractivity contribution >= 4 is 32.6 Å². The van der Waals surface area contributed by atoms with Crippen LogP contribution in [0.4, 0.5) is 0 Å². The molecule has 0 aromatic heterocycles. The summed E-state index contributed by atoms with van der Waals surface area (Å²) >= 11 is 0. The first-order valence-electron chi connectivity index (χ1n) is 6.89. The second-order valence-electron chi connectivity index (χ2n) is 5.06. The Balaban J connectivity index is 2.36. The lowest BCUT2D eigenvalue weighted by Crippen LogP contribution is -2.44. The maximum absolute atomic E-state index is 12.6. The number of hydrogen-bond acceptors (Lipinski definition) is 4. The number of sulfonamides is 1. The highest BCUT2D eigenvalue weighted by Gasteiger charge is 2.25. The molecule has 5 N–H and O–H groups in total. The minimum atomic E-state index is -3.98. The fraction of sp³-hybridized carbons (Fsp3) is 0.200. The van der Waals surface area contributed by atoms with Crippen LogP contribution in [0.3, 0.4) is 0 Å². The molecule has 23 heavy (non-hydrogen) atoms. The third-order valence-corrected chi connectivity index (χ3v) is 4.89. The lowest BCUT2D eigenvalue weighted by molar-refractivity contribution is -0.120. The maximum Gasteiger partial charge on any atom is 0.241 e. The van der Waals surface area contributed by atoms with E-state index in [-0.39, 0.29) is 17.7 Å². The molecule has 0 aliphatic heterocycles. The van der Waals surface area contributed by atoms with Gasteiger partial charge in [-0.05, 0) is 17.9 Å². The highest BCUT2D eigenvalue weighted by molar-refractivity contribution is 7.89. The van der Waals surface area contributed by atoms with Crippen molar-refractivity contribution in [3.05, 3.63) is 42.5 Å². The van der Waals surface area contributed by atoms with Crippen LogP contribution in [-0.2, 0) is 19.6 Å². The van der Waals surface area contributed by atoms with E-state index in [0.717, 1.165) is 5.39 Å². The second-order valence-corrected chi connectivity index (χ2v) is 6.74. The smallest absolute Gasteiger partial charge is 0.241 e. The topological polar surface area (TPSA) is 132 Å². The van der Waals surface area contributed by atoms with E-state index in [1.54, 1.807) is 36.4 Å². The summed E-state index contributed by atoms with van der Waals surface area (Å²) in [6.45, 7) is 0. The molecule has 2 aromatic carbocycles. The lowest BCUT2D eigenvalue weighted by atomic mass is 10.1. The normalized spacial score (nSPS) is 12.9. The predicted molar refractivity (Wildman–Crippen MR) is 85.7 cm³/mol. The monoisotopic (exact) mass is 335 g/mol. The van der Waals surface area contributed by atoms with Crippen LogP contribution in [0.25, 0.3) is 10.8 Å². The maximum atomic E-state index is 12.6. The molecule has 0 bridgehead atoms. The Morgan fingerprint density at radius 3 is 2.35 bits per heavy atom. The molecule has 0 radical (unpaired) electrons. The molecule has 1 unspecified atom stereocenters.